The summed E-state index contributed by atoms with van der Waals surface area (Å²) >= 11 is 0. The molecule has 3 heteroatoms. The van der Waals surface area contributed by atoms with Crippen molar-refractivity contribution in [3.63, 3.8) is 0 Å². The predicted molar refractivity (Wildman–Crippen MR) is 75.2 cm³/mol. The van der Waals surface area contributed by atoms with Crippen molar-refractivity contribution >= 4 is 5.69 Å². The quantitative estimate of drug-likeness (QED) is 0.589. The molecule has 1 atom stereocenters. The maximum absolute atomic E-state index is 11.0. The lowest BCUT2D eigenvalue weighted by Gasteiger charge is -2.17. The molecule has 0 heterocycles. The summed E-state index contributed by atoms with van der Waals surface area (Å²) in [6.45, 7) is 4.32. The van der Waals surface area contributed by atoms with Gasteiger partial charge in [0.05, 0.1) is 4.92 Å². The highest BCUT2D eigenvalue weighted by molar-refractivity contribution is 5.80. The average molecular weight is 253 g/mol. The van der Waals surface area contributed by atoms with E-state index in [0.717, 1.165) is 11.1 Å². The second-order valence-corrected chi connectivity index (χ2v) is 5.34. The van der Waals surface area contributed by atoms with E-state index in [2.05, 4.69) is 26.0 Å². The molecule has 1 aliphatic carbocycles. The molecule has 0 saturated heterocycles. The molecule has 0 radical (unpaired) electrons. The minimum Gasteiger partial charge on any atom is -0.258 e. The highest BCUT2D eigenvalue weighted by Gasteiger charge is 2.31. The van der Waals surface area contributed by atoms with E-state index < -0.39 is 0 Å². The number of nitro benzene ring substituents is 1. The van der Waals surface area contributed by atoms with E-state index >= 15 is 0 Å². The molecule has 3 rings (SSSR count). The van der Waals surface area contributed by atoms with Crippen LogP contribution in [-0.4, -0.2) is 4.92 Å². The number of nitrogens with zero attached hydrogens (tertiary/aromatic N) is 1. The van der Waals surface area contributed by atoms with Crippen molar-refractivity contribution in [3.05, 3.63) is 63.7 Å². The third kappa shape index (κ3) is 1.73. The van der Waals surface area contributed by atoms with Gasteiger partial charge in [0.25, 0.3) is 5.69 Å². The first kappa shape index (κ1) is 11.9. The van der Waals surface area contributed by atoms with Crippen LogP contribution in [0.2, 0.25) is 0 Å². The molecule has 2 aromatic rings. The standard InChI is InChI=1S/C16H15NO2/c1-10(2)16-14-6-4-3-5-12(14)13-8-7-11(17(18)19)9-15(13)16/h3-10,16H,1-2H3/t16-/m1/s1. The highest BCUT2D eigenvalue weighted by atomic mass is 16.6. The zero-order valence-corrected chi connectivity index (χ0v) is 11.0. The fourth-order valence-electron chi connectivity index (χ4n) is 3.07. The van der Waals surface area contributed by atoms with Crippen molar-refractivity contribution in [2.24, 2.45) is 5.92 Å². The van der Waals surface area contributed by atoms with Crippen molar-refractivity contribution in [3.8, 4) is 11.1 Å². The first-order chi connectivity index (χ1) is 9.09. The van der Waals surface area contributed by atoms with Gasteiger partial charge in [-0.1, -0.05) is 38.1 Å². The van der Waals surface area contributed by atoms with E-state index in [4.69, 9.17) is 0 Å². The SMILES string of the molecule is CC(C)[C@@H]1c2ccccc2-c2ccc([N+](=O)[O-])cc21. The van der Waals surface area contributed by atoms with Crippen molar-refractivity contribution in [1.29, 1.82) is 0 Å². The summed E-state index contributed by atoms with van der Waals surface area (Å²) in [5.41, 5.74) is 4.90. The van der Waals surface area contributed by atoms with Crippen LogP contribution < -0.4 is 0 Å². The van der Waals surface area contributed by atoms with Gasteiger partial charge in [0.15, 0.2) is 0 Å². The molecule has 0 fully saturated rings. The van der Waals surface area contributed by atoms with Crippen LogP contribution in [-0.2, 0) is 0 Å². The second kappa shape index (κ2) is 4.19. The Morgan fingerprint density at radius 1 is 1.05 bits per heavy atom. The Labute approximate surface area is 112 Å². The van der Waals surface area contributed by atoms with Gasteiger partial charge in [0.1, 0.15) is 0 Å². The van der Waals surface area contributed by atoms with E-state index in [0.29, 0.717) is 5.92 Å². The molecule has 0 saturated carbocycles. The van der Waals surface area contributed by atoms with Gasteiger partial charge in [0, 0.05) is 18.1 Å². The molecule has 0 bridgehead atoms. The Morgan fingerprint density at radius 3 is 2.42 bits per heavy atom. The molecular weight excluding hydrogens is 238 g/mol. The van der Waals surface area contributed by atoms with Crippen LogP contribution in [0.1, 0.15) is 30.9 Å². The van der Waals surface area contributed by atoms with Crippen LogP contribution in [0.3, 0.4) is 0 Å². The number of non-ortho nitro benzene ring substituents is 1. The molecule has 1 aliphatic rings. The van der Waals surface area contributed by atoms with Crippen molar-refractivity contribution in [2.45, 2.75) is 19.8 Å². The Morgan fingerprint density at radius 2 is 1.74 bits per heavy atom. The normalized spacial score (nSPS) is 16.3. The van der Waals surface area contributed by atoms with Gasteiger partial charge in [0.2, 0.25) is 0 Å². The molecule has 0 aromatic heterocycles. The molecule has 0 aliphatic heterocycles. The highest BCUT2D eigenvalue weighted by Crippen LogP contribution is 2.48. The van der Waals surface area contributed by atoms with Gasteiger partial charge in [-0.25, -0.2) is 0 Å². The molecule has 19 heavy (non-hydrogen) atoms. The Kier molecular flexibility index (Phi) is 2.63. The van der Waals surface area contributed by atoms with E-state index in [-0.39, 0.29) is 16.5 Å². The van der Waals surface area contributed by atoms with Gasteiger partial charge in [-0.2, -0.15) is 0 Å². The maximum atomic E-state index is 11.0. The largest absolute Gasteiger partial charge is 0.269 e. The summed E-state index contributed by atoms with van der Waals surface area (Å²) in [4.78, 5) is 10.6. The Hall–Kier alpha value is -2.16. The summed E-state index contributed by atoms with van der Waals surface area (Å²) in [5.74, 6) is 0.676. The molecule has 0 N–H and O–H groups in total. The lowest BCUT2D eigenvalue weighted by Crippen LogP contribution is -2.05. The molecule has 2 aromatic carbocycles. The van der Waals surface area contributed by atoms with Crippen LogP contribution in [0.25, 0.3) is 11.1 Å². The molecule has 0 unspecified atom stereocenters. The summed E-state index contributed by atoms with van der Waals surface area (Å²) in [6, 6.07) is 13.5. The van der Waals surface area contributed by atoms with Crippen LogP contribution in [0.4, 0.5) is 5.69 Å². The summed E-state index contributed by atoms with van der Waals surface area (Å²) in [5, 5.41) is 11.0. The fraction of sp³-hybridized carbons (Fsp3) is 0.250. The average Bonchev–Trinajstić information content (AvgIpc) is 2.72. The molecule has 96 valence electrons. The lowest BCUT2D eigenvalue weighted by atomic mass is 9.86. The summed E-state index contributed by atoms with van der Waals surface area (Å²) in [7, 11) is 0. The first-order valence-corrected chi connectivity index (χ1v) is 6.47. The number of nitro groups is 1. The predicted octanol–water partition coefficient (Wildman–Crippen LogP) is 4.36. The van der Waals surface area contributed by atoms with Crippen molar-refractivity contribution in [1.82, 2.24) is 0 Å². The first-order valence-electron chi connectivity index (χ1n) is 6.47. The zero-order chi connectivity index (χ0) is 13.6. The van der Waals surface area contributed by atoms with Crippen LogP contribution >= 0.6 is 0 Å². The number of rotatable bonds is 2. The second-order valence-electron chi connectivity index (χ2n) is 5.34. The van der Waals surface area contributed by atoms with Crippen LogP contribution in [0.5, 0.6) is 0 Å². The number of hydrogen-bond acceptors (Lipinski definition) is 2. The maximum Gasteiger partial charge on any atom is 0.269 e. The van der Waals surface area contributed by atoms with E-state index in [1.165, 1.54) is 11.1 Å². The van der Waals surface area contributed by atoms with Gasteiger partial charge in [-0.05, 0) is 34.2 Å². The van der Waals surface area contributed by atoms with Crippen molar-refractivity contribution in [2.75, 3.05) is 0 Å². The van der Waals surface area contributed by atoms with E-state index in [1.54, 1.807) is 12.1 Å². The van der Waals surface area contributed by atoms with Gasteiger partial charge in [-0.3, -0.25) is 10.1 Å². The van der Waals surface area contributed by atoms with Gasteiger partial charge in [-0.15, -0.1) is 0 Å². The molecule has 0 amide bonds. The molecule has 0 spiro atoms. The summed E-state index contributed by atoms with van der Waals surface area (Å²) < 4.78 is 0. The monoisotopic (exact) mass is 253 g/mol. The van der Waals surface area contributed by atoms with Gasteiger partial charge < -0.3 is 0 Å². The third-order valence-corrected chi connectivity index (χ3v) is 3.83. The minimum absolute atomic E-state index is 0.178. The minimum atomic E-state index is -0.319. The molecule has 3 nitrogen and oxygen atoms in total. The lowest BCUT2D eigenvalue weighted by molar-refractivity contribution is -0.384. The Balaban J connectivity index is 2.25. The fourth-order valence-corrected chi connectivity index (χ4v) is 3.07. The van der Waals surface area contributed by atoms with Gasteiger partial charge >= 0.3 is 0 Å². The van der Waals surface area contributed by atoms with E-state index in [9.17, 15) is 10.1 Å². The molecular formula is C16H15NO2. The van der Waals surface area contributed by atoms with Crippen molar-refractivity contribution < 1.29 is 4.92 Å². The number of hydrogen-bond donors (Lipinski definition) is 0. The van der Waals surface area contributed by atoms with Crippen LogP contribution in [0.15, 0.2) is 42.5 Å². The van der Waals surface area contributed by atoms with Crippen LogP contribution in [0, 0.1) is 16.0 Å². The topological polar surface area (TPSA) is 43.1 Å². The van der Waals surface area contributed by atoms with E-state index in [1.807, 2.05) is 18.2 Å². The Bertz CT molecular complexity index is 662. The zero-order valence-electron chi connectivity index (χ0n) is 11.0. The number of fused-ring (bicyclic) bond motifs is 3. The number of benzene rings is 2. The smallest absolute Gasteiger partial charge is 0.258 e. The third-order valence-electron chi connectivity index (χ3n) is 3.83. The summed E-state index contributed by atoms with van der Waals surface area (Å²) in [6.07, 6.45) is 0.